The van der Waals surface area contributed by atoms with Crippen molar-refractivity contribution in [3.8, 4) is 0 Å². The molecule has 2 N–H and O–H groups in total. The molecule has 1 heterocycles. The summed E-state index contributed by atoms with van der Waals surface area (Å²) in [4.78, 5) is 10.7. The summed E-state index contributed by atoms with van der Waals surface area (Å²) in [6.07, 6.45) is 6.37. The van der Waals surface area contributed by atoms with Crippen molar-refractivity contribution in [3.63, 3.8) is 0 Å². The summed E-state index contributed by atoms with van der Waals surface area (Å²) in [5, 5.41) is 12.2. The third kappa shape index (κ3) is 3.09. The molecule has 1 aromatic rings. The highest BCUT2D eigenvalue weighted by Crippen LogP contribution is 2.24. The van der Waals surface area contributed by atoms with E-state index < -0.39 is 5.97 Å². The summed E-state index contributed by atoms with van der Waals surface area (Å²) in [7, 11) is 0. The van der Waals surface area contributed by atoms with Crippen molar-refractivity contribution in [1.29, 1.82) is 0 Å². The SMILES string of the molecule is CC1CCCCC1NCc1cc(C(=O)O)co1. The van der Waals surface area contributed by atoms with E-state index in [2.05, 4.69) is 12.2 Å². The molecular weight excluding hydrogens is 218 g/mol. The topological polar surface area (TPSA) is 62.5 Å². The van der Waals surface area contributed by atoms with Gasteiger partial charge >= 0.3 is 5.97 Å². The molecule has 1 saturated carbocycles. The second-order valence-corrected chi connectivity index (χ2v) is 4.86. The Hall–Kier alpha value is -1.29. The standard InChI is InChI=1S/C13H19NO3/c1-9-4-2-3-5-12(9)14-7-11-6-10(8-17-11)13(15)16/h6,8-9,12,14H,2-5,7H2,1H3,(H,15,16). The zero-order valence-electron chi connectivity index (χ0n) is 10.1. The first-order valence-corrected chi connectivity index (χ1v) is 6.21. The monoisotopic (exact) mass is 237 g/mol. The number of carboxylic acid groups (broad SMARTS) is 1. The number of hydrogen-bond donors (Lipinski definition) is 2. The summed E-state index contributed by atoms with van der Waals surface area (Å²) in [5.74, 6) is 0.448. The summed E-state index contributed by atoms with van der Waals surface area (Å²) < 4.78 is 5.21. The molecule has 2 rings (SSSR count). The molecule has 1 aliphatic carbocycles. The highest BCUT2D eigenvalue weighted by molar-refractivity contribution is 5.87. The van der Waals surface area contributed by atoms with Gasteiger partial charge in [0.2, 0.25) is 0 Å². The molecular formula is C13H19NO3. The molecule has 0 spiro atoms. The van der Waals surface area contributed by atoms with Crippen molar-refractivity contribution in [2.75, 3.05) is 0 Å². The summed E-state index contributed by atoms with van der Waals surface area (Å²) in [5.41, 5.74) is 0.221. The maximum absolute atomic E-state index is 10.7. The Bertz CT molecular complexity index is 386. The minimum Gasteiger partial charge on any atom is -0.478 e. The predicted molar refractivity (Wildman–Crippen MR) is 63.9 cm³/mol. The maximum Gasteiger partial charge on any atom is 0.338 e. The van der Waals surface area contributed by atoms with Crippen molar-refractivity contribution in [2.45, 2.75) is 45.2 Å². The van der Waals surface area contributed by atoms with E-state index in [1.807, 2.05) is 0 Å². The van der Waals surface area contributed by atoms with Gasteiger partial charge in [-0.05, 0) is 24.8 Å². The molecule has 0 bridgehead atoms. The van der Waals surface area contributed by atoms with Gasteiger partial charge in [-0.15, -0.1) is 0 Å². The van der Waals surface area contributed by atoms with E-state index in [9.17, 15) is 4.79 Å². The molecule has 0 saturated heterocycles. The lowest BCUT2D eigenvalue weighted by molar-refractivity contribution is 0.0696. The van der Waals surface area contributed by atoms with Crippen LogP contribution in [0.2, 0.25) is 0 Å². The van der Waals surface area contributed by atoms with Crippen LogP contribution in [-0.2, 0) is 6.54 Å². The molecule has 0 radical (unpaired) electrons. The van der Waals surface area contributed by atoms with E-state index >= 15 is 0 Å². The zero-order valence-corrected chi connectivity index (χ0v) is 10.1. The largest absolute Gasteiger partial charge is 0.478 e. The molecule has 1 fully saturated rings. The molecule has 4 nitrogen and oxygen atoms in total. The van der Waals surface area contributed by atoms with Crippen LogP contribution in [0.3, 0.4) is 0 Å². The average Bonchev–Trinajstić information content (AvgIpc) is 2.77. The molecule has 94 valence electrons. The van der Waals surface area contributed by atoms with Crippen LogP contribution in [0.25, 0.3) is 0 Å². The Kier molecular flexibility index (Phi) is 3.84. The second-order valence-electron chi connectivity index (χ2n) is 4.86. The van der Waals surface area contributed by atoms with Crippen molar-refractivity contribution >= 4 is 5.97 Å². The van der Waals surface area contributed by atoms with Crippen LogP contribution in [0.5, 0.6) is 0 Å². The number of carbonyl (C=O) groups is 1. The summed E-state index contributed by atoms with van der Waals surface area (Å²) >= 11 is 0. The van der Waals surface area contributed by atoms with Gasteiger partial charge in [-0.25, -0.2) is 4.79 Å². The van der Waals surface area contributed by atoms with E-state index in [1.54, 1.807) is 6.07 Å². The highest BCUT2D eigenvalue weighted by Gasteiger charge is 2.20. The Morgan fingerprint density at radius 2 is 2.29 bits per heavy atom. The van der Waals surface area contributed by atoms with E-state index in [0.717, 1.165) is 0 Å². The maximum atomic E-state index is 10.7. The van der Waals surface area contributed by atoms with Crippen LogP contribution in [0.4, 0.5) is 0 Å². The Labute approximate surface area is 101 Å². The summed E-state index contributed by atoms with van der Waals surface area (Å²) in [6, 6.07) is 2.12. The molecule has 2 atom stereocenters. The quantitative estimate of drug-likeness (QED) is 0.845. The summed E-state index contributed by atoms with van der Waals surface area (Å²) in [6.45, 7) is 2.88. The molecule has 1 aliphatic rings. The number of aromatic carboxylic acids is 1. The van der Waals surface area contributed by atoms with Gasteiger partial charge in [-0.1, -0.05) is 19.8 Å². The van der Waals surface area contributed by atoms with Gasteiger partial charge in [0, 0.05) is 6.04 Å². The van der Waals surface area contributed by atoms with E-state index in [0.29, 0.717) is 24.3 Å². The fourth-order valence-electron chi connectivity index (χ4n) is 2.44. The number of rotatable bonds is 4. The van der Waals surface area contributed by atoms with Crippen molar-refractivity contribution in [1.82, 2.24) is 5.32 Å². The number of hydrogen-bond acceptors (Lipinski definition) is 3. The van der Waals surface area contributed by atoms with Crippen LogP contribution >= 0.6 is 0 Å². The zero-order chi connectivity index (χ0) is 12.3. The average molecular weight is 237 g/mol. The van der Waals surface area contributed by atoms with Gasteiger partial charge in [0.15, 0.2) is 0 Å². The van der Waals surface area contributed by atoms with Gasteiger partial charge in [0.25, 0.3) is 0 Å². The fourth-order valence-corrected chi connectivity index (χ4v) is 2.44. The minimum absolute atomic E-state index is 0.221. The smallest absolute Gasteiger partial charge is 0.338 e. The lowest BCUT2D eigenvalue weighted by Crippen LogP contribution is -2.36. The van der Waals surface area contributed by atoms with E-state index in [-0.39, 0.29) is 5.56 Å². The van der Waals surface area contributed by atoms with Gasteiger partial charge in [-0.2, -0.15) is 0 Å². The normalized spacial score (nSPS) is 24.8. The van der Waals surface area contributed by atoms with Crippen molar-refractivity contribution in [2.24, 2.45) is 5.92 Å². The highest BCUT2D eigenvalue weighted by atomic mass is 16.4. The first-order chi connectivity index (χ1) is 8.16. The van der Waals surface area contributed by atoms with Gasteiger partial charge in [-0.3, -0.25) is 0 Å². The van der Waals surface area contributed by atoms with Gasteiger partial charge < -0.3 is 14.8 Å². The third-order valence-corrected chi connectivity index (χ3v) is 3.55. The first-order valence-electron chi connectivity index (χ1n) is 6.21. The van der Waals surface area contributed by atoms with Crippen LogP contribution in [0, 0.1) is 5.92 Å². The molecule has 2 unspecified atom stereocenters. The van der Waals surface area contributed by atoms with Crippen LogP contribution < -0.4 is 5.32 Å². The van der Waals surface area contributed by atoms with Crippen LogP contribution in [0.1, 0.15) is 48.7 Å². The lowest BCUT2D eigenvalue weighted by atomic mass is 9.86. The second kappa shape index (κ2) is 5.36. The van der Waals surface area contributed by atoms with Gasteiger partial charge in [0.05, 0.1) is 12.1 Å². The fraction of sp³-hybridized carbons (Fsp3) is 0.615. The van der Waals surface area contributed by atoms with E-state index in [4.69, 9.17) is 9.52 Å². The third-order valence-electron chi connectivity index (χ3n) is 3.55. The molecule has 0 amide bonds. The molecule has 4 heteroatoms. The Balaban J connectivity index is 1.86. The number of nitrogens with one attached hydrogen (secondary N) is 1. The predicted octanol–water partition coefficient (Wildman–Crippen LogP) is 2.65. The Morgan fingerprint density at radius 1 is 1.53 bits per heavy atom. The van der Waals surface area contributed by atoms with Crippen molar-refractivity contribution < 1.29 is 14.3 Å². The molecule has 17 heavy (non-hydrogen) atoms. The minimum atomic E-state index is -0.939. The van der Waals surface area contributed by atoms with E-state index in [1.165, 1.54) is 31.9 Å². The molecule has 0 aliphatic heterocycles. The Morgan fingerprint density at radius 3 is 2.94 bits per heavy atom. The van der Waals surface area contributed by atoms with Crippen LogP contribution in [0.15, 0.2) is 16.7 Å². The molecule has 1 aromatic heterocycles. The first kappa shape index (κ1) is 12.2. The lowest BCUT2D eigenvalue weighted by Gasteiger charge is -2.29. The number of furan rings is 1. The van der Waals surface area contributed by atoms with Gasteiger partial charge in [0.1, 0.15) is 12.0 Å². The van der Waals surface area contributed by atoms with Crippen molar-refractivity contribution in [3.05, 3.63) is 23.7 Å². The van der Waals surface area contributed by atoms with Crippen LogP contribution in [-0.4, -0.2) is 17.1 Å². The molecule has 0 aromatic carbocycles. The number of carboxylic acids is 1.